The van der Waals surface area contributed by atoms with Crippen LogP contribution in [-0.4, -0.2) is 37.4 Å². The summed E-state index contributed by atoms with van der Waals surface area (Å²) in [6.07, 6.45) is 7.05. The van der Waals surface area contributed by atoms with E-state index in [0.29, 0.717) is 12.3 Å². The van der Waals surface area contributed by atoms with Crippen molar-refractivity contribution < 1.29 is 8.42 Å². The molecule has 1 saturated carbocycles. The molecule has 0 atom stereocenters. The zero-order valence-corrected chi connectivity index (χ0v) is 11.6. The highest BCUT2D eigenvalue weighted by molar-refractivity contribution is 7.89. The van der Waals surface area contributed by atoms with Crippen LogP contribution >= 0.6 is 11.6 Å². The van der Waals surface area contributed by atoms with Gasteiger partial charge in [-0.1, -0.05) is 19.3 Å². The summed E-state index contributed by atoms with van der Waals surface area (Å²) in [7, 11) is -1.33. The van der Waals surface area contributed by atoms with Gasteiger partial charge in [-0.2, -0.15) is 0 Å². The number of unbranched alkanes of at least 4 members (excludes halogenated alkanes) is 1. The molecule has 1 rings (SSSR count). The quantitative estimate of drug-likeness (QED) is 0.548. The van der Waals surface area contributed by atoms with E-state index in [1.54, 1.807) is 11.4 Å². The maximum atomic E-state index is 12.0. The molecule has 0 saturated heterocycles. The number of alkyl halides is 1. The van der Waals surface area contributed by atoms with Crippen LogP contribution in [0.2, 0.25) is 0 Å². The van der Waals surface area contributed by atoms with E-state index in [1.165, 1.54) is 6.42 Å². The number of halogens is 1. The first-order chi connectivity index (χ1) is 7.58. The molecule has 1 aliphatic rings. The first-order valence-corrected chi connectivity index (χ1v) is 8.24. The van der Waals surface area contributed by atoms with E-state index < -0.39 is 10.0 Å². The summed E-state index contributed by atoms with van der Waals surface area (Å²) in [5, 5.41) is 0. The van der Waals surface area contributed by atoms with Gasteiger partial charge in [-0.3, -0.25) is 0 Å². The molecular formula is C11H22ClNO2S. The lowest BCUT2D eigenvalue weighted by Crippen LogP contribution is -2.39. The van der Waals surface area contributed by atoms with E-state index in [4.69, 9.17) is 11.6 Å². The molecule has 0 radical (unpaired) electrons. The summed E-state index contributed by atoms with van der Waals surface area (Å²) in [5.74, 6) is 0.787. The Labute approximate surface area is 104 Å². The van der Waals surface area contributed by atoms with Gasteiger partial charge in [0.1, 0.15) is 0 Å². The van der Waals surface area contributed by atoms with Crippen LogP contribution in [0.15, 0.2) is 0 Å². The van der Waals surface area contributed by atoms with Gasteiger partial charge in [0.15, 0.2) is 0 Å². The summed E-state index contributed by atoms with van der Waals surface area (Å²) in [6.45, 7) is 0. The minimum absolute atomic E-state index is 0.231. The SMILES string of the molecule is CN(C1CCCCC1)S(=O)(=O)CCCCCl. The van der Waals surface area contributed by atoms with Crippen molar-refractivity contribution in [2.75, 3.05) is 18.7 Å². The summed E-state index contributed by atoms with van der Waals surface area (Å²) in [4.78, 5) is 0. The summed E-state index contributed by atoms with van der Waals surface area (Å²) >= 11 is 5.55. The molecule has 0 aliphatic heterocycles. The predicted molar refractivity (Wildman–Crippen MR) is 68.4 cm³/mol. The monoisotopic (exact) mass is 267 g/mol. The summed E-state index contributed by atoms with van der Waals surface area (Å²) in [6, 6.07) is 0.231. The number of nitrogens with zero attached hydrogens (tertiary/aromatic N) is 1. The lowest BCUT2D eigenvalue weighted by Gasteiger charge is -2.30. The van der Waals surface area contributed by atoms with Gasteiger partial charge in [-0.05, 0) is 25.7 Å². The highest BCUT2D eigenvalue weighted by Gasteiger charge is 2.26. The summed E-state index contributed by atoms with van der Waals surface area (Å²) in [5.41, 5.74) is 0. The van der Waals surface area contributed by atoms with Gasteiger partial charge < -0.3 is 0 Å². The molecule has 3 nitrogen and oxygen atoms in total. The Hall–Kier alpha value is 0.200. The molecule has 16 heavy (non-hydrogen) atoms. The van der Waals surface area contributed by atoms with Crippen molar-refractivity contribution >= 4 is 21.6 Å². The number of hydrogen-bond acceptors (Lipinski definition) is 2. The van der Waals surface area contributed by atoms with Crippen molar-refractivity contribution in [1.82, 2.24) is 4.31 Å². The highest BCUT2D eigenvalue weighted by atomic mass is 35.5. The van der Waals surface area contributed by atoms with Gasteiger partial charge in [-0.25, -0.2) is 12.7 Å². The van der Waals surface area contributed by atoms with E-state index in [-0.39, 0.29) is 11.8 Å². The normalized spacial score (nSPS) is 19.2. The Morgan fingerprint density at radius 2 is 1.81 bits per heavy atom. The second-order valence-corrected chi connectivity index (χ2v) is 7.05. The maximum absolute atomic E-state index is 12.0. The molecular weight excluding hydrogens is 246 g/mol. The Balaban J connectivity index is 2.46. The van der Waals surface area contributed by atoms with Gasteiger partial charge in [0.2, 0.25) is 10.0 Å². The second kappa shape index (κ2) is 6.82. The second-order valence-electron chi connectivity index (χ2n) is 4.52. The van der Waals surface area contributed by atoms with Gasteiger partial charge >= 0.3 is 0 Å². The Kier molecular flexibility index (Phi) is 6.08. The van der Waals surface area contributed by atoms with Gasteiger partial charge in [-0.15, -0.1) is 11.6 Å². The fourth-order valence-corrected chi connectivity index (χ4v) is 3.91. The largest absolute Gasteiger partial charge is 0.214 e. The fraction of sp³-hybridized carbons (Fsp3) is 1.00. The Morgan fingerprint density at radius 1 is 1.19 bits per heavy atom. The third-order valence-corrected chi connectivity index (χ3v) is 5.56. The molecule has 0 spiro atoms. The minimum atomic E-state index is -3.06. The van der Waals surface area contributed by atoms with Crippen LogP contribution in [-0.2, 0) is 10.0 Å². The molecule has 5 heteroatoms. The maximum Gasteiger partial charge on any atom is 0.214 e. The van der Waals surface area contributed by atoms with Crippen LogP contribution in [0.3, 0.4) is 0 Å². The molecule has 1 fully saturated rings. The fourth-order valence-electron chi connectivity index (χ4n) is 2.19. The molecule has 0 unspecified atom stereocenters. The van der Waals surface area contributed by atoms with Gasteiger partial charge in [0.25, 0.3) is 0 Å². The Morgan fingerprint density at radius 3 is 2.38 bits per heavy atom. The third kappa shape index (κ3) is 4.22. The number of hydrogen-bond donors (Lipinski definition) is 0. The van der Waals surface area contributed by atoms with Gasteiger partial charge in [0.05, 0.1) is 5.75 Å². The van der Waals surface area contributed by atoms with Crippen molar-refractivity contribution in [1.29, 1.82) is 0 Å². The van der Waals surface area contributed by atoms with E-state index in [2.05, 4.69) is 0 Å². The molecule has 0 aromatic rings. The zero-order valence-electron chi connectivity index (χ0n) is 9.99. The lowest BCUT2D eigenvalue weighted by molar-refractivity contribution is 0.285. The average Bonchev–Trinajstić information content (AvgIpc) is 2.29. The molecule has 0 aromatic carbocycles. The van der Waals surface area contributed by atoms with Crippen molar-refractivity contribution in [3.63, 3.8) is 0 Å². The lowest BCUT2D eigenvalue weighted by atomic mass is 9.96. The van der Waals surface area contributed by atoms with E-state index in [0.717, 1.165) is 32.1 Å². The molecule has 0 heterocycles. The number of sulfonamides is 1. The first kappa shape index (κ1) is 14.3. The van der Waals surface area contributed by atoms with Crippen molar-refractivity contribution in [3.05, 3.63) is 0 Å². The van der Waals surface area contributed by atoms with Crippen LogP contribution < -0.4 is 0 Å². The smallest absolute Gasteiger partial charge is 0.212 e. The standard InChI is InChI=1S/C11H22ClNO2S/c1-13(11-7-3-2-4-8-11)16(14,15)10-6-5-9-12/h11H,2-10H2,1H3. The highest BCUT2D eigenvalue weighted by Crippen LogP contribution is 2.23. The van der Waals surface area contributed by atoms with Crippen LogP contribution in [0, 0.1) is 0 Å². The number of rotatable bonds is 6. The van der Waals surface area contributed by atoms with Crippen LogP contribution in [0.5, 0.6) is 0 Å². The van der Waals surface area contributed by atoms with Crippen molar-refractivity contribution in [3.8, 4) is 0 Å². The molecule has 1 aliphatic carbocycles. The van der Waals surface area contributed by atoms with Crippen molar-refractivity contribution in [2.24, 2.45) is 0 Å². The van der Waals surface area contributed by atoms with E-state index in [9.17, 15) is 8.42 Å². The summed E-state index contributed by atoms with van der Waals surface area (Å²) < 4.78 is 25.6. The first-order valence-electron chi connectivity index (χ1n) is 6.09. The molecule has 0 bridgehead atoms. The molecule has 96 valence electrons. The van der Waals surface area contributed by atoms with Crippen LogP contribution in [0.1, 0.15) is 44.9 Å². The third-order valence-electron chi connectivity index (χ3n) is 3.31. The minimum Gasteiger partial charge on any atom is -0.212 e. The zero-order chi connectivity index (χ0) is 12.0. The average molecular weight is 268 g/mol. The van der Waals surface area contributed by atoms with E-state index >= 15 is 0 Å². The molecule has 0 amide bonds. The van der Waals surface area contributed by atoms with Gasteiger partial charge in [0, 0.05) is 19.0 Å². The predicted octanol–water partition coefficient (Wildman–Crippen LogP) is 2.60. The topological polar surface area (TPSA) is 37.4 Å². The molecule has 0 aromatic heterocycles. The Bertz CT molecular complexity index is 286. The van der Waals surface area contributed by atoms with E-state index in [1.807, 2.05) is 0 Å². The molecule has 0 N–H and O–H groups in total. The van der Waals surface area contributed by atoms with Crippen LogP contribution in [0.25, 0.3) is 0 Å². The van der Waals surface area contributed by atoms with Crippen molar-refractivity contribution in [2.45, 2.75) is 51.0 Å². The van der Waals surface area contributed by atoms with Crippen LogP contribution in [0.4, 0.5) is 0 Å².